The number of benzene rings is 2. The number of aryl methyl sites for hydroxylation is 1. The second-order valence-electron chi connectivity index (χ2n) is 5.79. The van der Waals surface area contributed by atoms with Crippen molar-refractivity contribution in [2.45, 2.75) is 32.5 Å². The van der Waals surface area contributed by atoms with E-state index in [1.807, 2.05) is 6.07 Å². The Morgan fingerprint density at radius 3 is 2.43 bits per heavy atom. The van der Waals surface area contributed by atoms with Gasteiger partial charge in [-0.05, 0) is 41.7 Å². The van der Waals surface area contributed by atoms with Crippen molar-refractivity contribution < 1.29 is 9.50 Å². The predicted molar refractivity (Wildman–Crippen MR) is 81.3 cm³/mol. The van der Waals surface area contributed by atoms with Crippen molar-refractivity contribution in [1.29, 1.82) is 0 Å². The van der Waals surface area contributed by atoms with Crippen molar-refractivity contribution in [3.8, 4) is 0 Å². The van der Waals surface area contributed by atoms with Crippen molar-refractivity contribution in [2.24, 2.45) is 0 Å². The van der Waals surface area contributed by atoms with Gasteiger partial charge in [0.05, 0.1) is 6.10 Å². The normalized spacial score (nSPS) is 16.0. The summed E-state index contributed by atoms with van der Waals surface area (Å²) in [5.41, 5.74) is 4.01. The molecule has 21 heavy (non-hydrogen) atoms. The third-order valence-corrected chi connectivity index (χ3v) is 4.21. The van der Waals surface area contributed by atoms with E-state index >= 15 is 0 Å². The monoisotopic (exact) mass is 285 g/mol. The van der Waals surface area contributed by atoms with Crippen molar-refractivity contribution in [1.82, 2.24) is 4.90 Å². The lowest BCUT2D eigenvalue weighted by atomic mass is 10.0. The molecule has 1 N–H and O–H groups in total. The first-order chi connectivity index (χ1) is 10.1. The first kappa shape index (κ1) is 14.2. The Labute approximate surface area is 124 Å². The number of hydrogen-bond acceptors (Lipinski definition) is 2. The van der Waals surface area contributed by atoms with Crippen LogP contribution in [-0.2, 0) is 13.1 Å². The fourth-order valence-corrected chi connectivity index (χ4v) is 2.85. The van der Waals surface area contributed by atoms with Gasteiger partial charge in [-0.3, -0.25) is 4.90 Å². The molecule has 110 valence electrons. The van der Waals surface area contributed by atoms with Crippen LogP contribution >= 0.6 is 0 Å². The maximum Gasteiger partial charge on any atom is 0.126 e. The van der Waals surface area contributed by atoms with Crippen molar-refractivity contribution >= 4 is 0 Å². The third-order valence-electron chi connectivity index (χ3n) is 4.21. The van der Waals surface area contributed by atoms with Crippen LogP contribution in [0.3, 0.4) is 0 Å². The number of rotatable bonds is 4. The summed E-state index contributed by atoms with van der Waals surface area (Å²) in [6.07, 6.45) is 0.0139. The van der Waals surface area contributed by atoms with Crippen molar-refractivity contribution in [2.75, 3.05) is 6.54 Å². The molecule has 0 radical (unpaired) electrons. The van der Waals surface area contributed by atoms with E-state index in [0.29, 0.717) is 17.5 Å². The molecule has 0 spiro atoms. The fraction of sp³-hybridized carbons (Fsp3) is 0.333. The van der Waals surface area contributed by atoms with Gasteiger partial charge >= 0.3 is 0 Å². The molecule has 0 saturated heterocycles. The number of aliphatic hydroxyl groups is 1. The fourth-order valence-electron chi connectivity index (χ4n) is 2.85. The van der Waals surface area contributed by atoms with Crippen LogP contribution in [0.25, 0.3) is 0 Å². The highest BCUT2D eigenvalue weighted by molar-refractivity contribution is 5.30. The van der Waals surface area contributed by atoms with Crippen LogP contribution in [0.1, 0.15) is 34.8 Å². The summed E-state index contributed by atoms with van der Waals surface area (Å²) < 4.78 is 13.5. The lowest BCUT2D eigenvalue weighted by Gasteiger charge is -2.18. The Hall–Kier alpha value is -1.71. The molecule has 1 aliphatic heterocycles. The Morgan fingerprint density at radius 2 is 1.81 bits per heavy atom. The first-order valence-corrected chi connectivity index (χ1v) is 7.37. The van der Waals surface area contributed by atoms with E-state index in [1.165, 1.54) is 17.2 Å². The maximum absolute atomic E-state index is 13.5. The Balaban J connectivity index is 1.57. The second kappa shape index (κ2) is 5.96. The molecule has 1 atom stereocenters. The zero-order valence-corrected chi connectivity index (χ0v) is 12.2. The summed E-state index contributed by atoms with van der Waals surface area (Å²) >= 11 is 0. The highest BCUT2D eigenvalue weighted by atomic mass is 19.1. The van der Waals surface area contributed by atoms with Gasteiger partial charge in [0.15, 0.2) is 0 Å². The number of fused-ring (bicyclic) bond motifs is 1. The topological polar surface area (TPSA) is 23.5 Å². The molecule has 2 aromatic carbocycles. The number of aliphatic hydroxyl groups excluding tert-OH is 1. The molecule has 0 bridgehead atoms. The van der Waals surface area contributed by atoms with Gasteiger partial charge in [-0.15, -0.1) is 0 Å². The summed E-state index contributed by atoms with van der Waals surface area (Å²) in [6.45, 7) is 4.41. The molecular weight excluding hydrogens is 265 g/mol. The van der Waals surface area contributed by atoms with Gasteiger partial charge < -0.3 is 5.11 Å². The quantitative estimate of drug-likeness (QED) is 0.928. The van der Waals surface area contributed by atoms with Crippen LogP contribution in [0.15, 0.2) is 42.5 Å². The summed E-state index contributed by atoms with van der Waals surface area (Å²) in [7, 11) is 0. The summed E-state index contributed by atoms with van der Waals surface area (Å²) in [5.74, 6) is -0.250. The van der Waals surface area contributed by atoms with Crippen molar-refractivity contribution in [3.05, 3.63) is 70.5 Å². The van der Waals surface area contributed by atoms with Crippen LogP contribution in [0.5, 0.6) is 0 Å². The largest absolute Gasteiger partial charge is 0.388 e. The Morgan fingerprint density at radius 1 is 1.14 bits per heavy atom. The molecule has 1 aliphatic rings. The number of nitrogens with zero attached hydrogens (tertiary/aromatic N) is 1. The van der Waals surface area contributed by atoms with E-state index in [2.05, 4.69) is 29.2 Å². The number of hydrogen-bond donors (Lipinski definition) is 1. The SMILES string of the molecule is Cc1ccc(C(O)CCN2Cc3ccccc3C2)cc1F. The summed E-state index contributed by atoms with van der Waals surface area (Å²) in [6, 6.07) is 13.4. The van der Waals surface area contributed by atoms with Gasteiger partial charge in [0.25, 0.3) is 0 Å². The molecule has 0 amide bonds. The zero-order chi connectivity index (χ0) is 14.8. The van der Waals surface area contributed by atoms with Gasteiger partial charge in [0.2, 0.25) is 0 Å². The lowest BCUT2D eigenvalue weighted by molar-refractivity contribution is 0.141. The van der Waals surface area contributed by atoms with E-state index < -0.39 is 6.10 Å². The summed E-state index contributed by atoms with van der Waals surface area (Å²) in [5, 5.41) is 10.2. The number of halogens is 1. The van der Waals surface area contributed by atoms with E-state index in [4.69, 9.17) is 0 Å². The van der Waals surface area contributed by atoms with Gasteiger partial charge in [0.1, 0.15) is 5.82 Å². The Kier molecular flexibility index (Phi) is 4.04. The van der Waals surface area contributed by atoms with E-state index in [-0.39, 0.29) is 5.82 Å². The minimum absolute atomic E-state index is 0.250. The van der Waals surface area contributed by atoms with Gasteiger partial charge in [-0.25, -0.2) is 4.39 Å². The molecule has 0 saturated carbocycles. The highest BCUT2D eigenvalue weighted by Crippen LogP contribution is 2.25. The minimum Gasteiger partial charge on any atom is -0.388 e. The predicted octanol–water partition coefficient (Wildman–Crippen LogP) is 3.57. The average molecular weight is 285 g/mol. The molecule has 0 aliphatic carbocycles. The molecule has 1 heterocycles. The molecule has 3 heteroatoms. The van der Waals surface area contributed by atoms with E-state index in [9.17, 15) is 9.50 Å². The van der Waals surface area contributed by atoms with Crippen LogP contribution in [0, 0.1) is 12.7 Å². The molecule has 2 aromatic rings. The molecule has 1 unspecified atom stereocenters. The smallest absolute Gasteiger partial charge is 0.126 e. The lowest BCUT2D eigenvalue weighted by Crippen LogP contribution is -2.19. The van der Waals surface area contributed by atoms with E-state index in [1.54, 1.807) is 13.0 Å². The summed E-state index contributed by atoms with van der Waals surface area (Å²) in [4.78, 5) is 2.32. The molecule has 0 fully saturated rings. The Bertz CT molecular complexity index is 616. The van der Waals surface area contributed by atoms with Crippen LogP contribution in [0.2, 0.25) is 0 Å². The molecular formula is C18H20FNO. The minimum atomic E-state index is -0.608. The molecule has 0 aromatic heterocycles. The highest BCUT2D eigenvalue weighted by Gasteiger charge is 2.19. The zero-order valence-electron chi connectivity index (χ0n) is 12.2. The second-order valence-corrected chi connectivity index (χ2v) is 5.79. The third kappa shape index (κ3) is 3.14. The average Bonchev–Trinajstić information content (AvgIpc) is 2.90. The van der Waals surface area contributed by atoms with E-state index in [0.717, 1.165) is 19.6 Å². The molecule has 2 nitrogen and oxygen atoms in total. The van der Waals surface area contributed by atoms with Gasteiger partial charge in [0, 0.05) is 19.6 Å². The first-order valence-electron chi connectivity index (χ1n) is 7.37. The van der Waals surface area contributed by atoms with Crippen LogP contribution < -0.4 is 0 Å². The maximum atomic E-state index is 13.5. The van der Waals surface area contributed by atoms with Crippen LogP contribution in [-0.4, -0.2) is 16.6 Å². The van der Waals surface area contributed by atoms with Crippen molar-refractivity contribution in [3.63, 3.8) is 0 Å². The standard InChI is InChI=1S/C18H20FNO/c1-13-6-7-14(10-17(13)19)18(21)8-9-20-11-15-4-2-3-5-16(15)12-20/h2-7,10,18,21H,8-9,11-12H2,1H3. The van der Waals surface area contributed by atoms with Gasteiger partial charge in [-0.1, -0.05) is 36.4 Å². The molecule has 3 rings (SSSR count). The van der Waals surface area contributed by atoms with Gasteiger partial charge in [-0.2, -0.15) is 0 Å². The van der Waals surface area contributed by atoms with Crippen LogP contribution in [0.4, 0.5) is 4.39 Å².